The molecule has 1 atom stereocenters. The smallest absolute Gasteiger partial charge is 0.305 e. The summed E-state index contributed by atoms with van der Waals surface area (Å²) >= 11 is 1.48. The highest BCUT2D eigenvalue weighted by Gasteiger charge is 2.12. The van der Waals surface area contributed by atoms with Gasteiger partial charge in [-0.15, -0.1) is 10.2 Å². The molecule has 0 N–H and O–H groups in total. The first-order chi connectivity index (χ1) is 11.2. The zero-order valence-corrected chi connectivity index (χ0v) is 14.3. The van der Waals surface area contributed by atoms with Crippen LogP contribution in [0.1, 0.15) is 44.1 Å². The quantitative estimate of drug-likeness (QED) is 0.394. The van der Waals surface area contributed by atoms with Crippen LogP contribution < -0.4 is 0 Å². The van der Waals surface area contributed by atoms with E-state index in [1.54, 1.807) is 0 Å². The Bertz CT molecular complexity index is 601. The van der Waals surface area contributed by atoms with Gasteiger partial charge in [-0.3, -0.25) is 4.79 Å². The van der Waals surface area contributed by atoms with Crippen LogP contribution >= 0.6 is 11.8 Å². The summed E-state index contributed by atoms with van der Waals surface area (Å²) in [4.78, 5) is 11.2. The lowest BCUT2D eigenvalue weighted by molar-refractivity contribution is -0.143. The minimum atomic E-state index is -0.156. The SMILES string of the molecule is CCOC(=O)CCCSc1nnc(CC(C)c2ccccc2)o1. The van der Waals surface area contributed by atoms with E-state index in [2.05, 4.69) is 29.3 Å². The average molecular weight is 334 g/mol. The maximum absolute atomic E-state index is 11.2. The summed E-state index contributed by atoms with van der Waals surface area (Å²) in [6, 6.07) is 10.3. The van der Waals surface area contributed by atoms with E-state index in [0.717, 1.165) is 18.6 Å². The first-order valence-electron chi connectivity index (χ1n) is 7.84. The molecule has 0 bridgehead atoms. The summed E-state index contributed by atoms with van der Waals surface area (Å²) < 4.78 is 10.5. The van der Waals surface area contributed by atoms with Gasteiger partial charge in [0.1, 0.15) is 0 Å². The Morgan fingerprint density at radius 2 is 2.09 bits per heavy atom. The molecule has 23 heavy (non-hydrogen) atoms. The minimum Gasteiger partial charge on any atom is -0.466 e. The third-order valence-corrected chi connectivity index (χ3v) is 4.26. The average Bonchev–Trinajstić information content (AvgIpc) is 3.00. The fourth-order valence-electron chi connectivity index (χ4n) is 2.15. The largest absolute Gasteiger partial charge is 0.466 e. The summed E-state index contributed by atoms with van der Waals surface area (Å²) in [6.07, 6.45) is 1.88. The van der Waals surface area contributed by atoms with Crippen molar-refractivity contribution >= 4 is 17.7 Å². The molecule has 0 fully saturated rings. The first-order valence-corrected chi connectivity index (χ1v) is 8.83. The standard InChI is InChI=1S/C17H22N2O3S/c1-3-21-16(20)10-7-11-23-17-19-18-15(22-17)12-13(2)14-8-5-4-6-9-14/h4-6,8-9,13H,3,7,10-12H2,1-2H3. The van der Waals surface area contributed by atoms with Gasteiger partial charge >= 0.3 is 5.97 Å². The van der Waals surface area contributed by atoms with E-state index >= 15 is 0 Å². The molecular formula is C17H22N2O3S. The third-order valence-electron chi connectivity index (χ3n) is 3.35. The molecule has 0 spiro atoms. The van der Waals surface area contributed by atoms with Crippen molar-refractivity contribution in [2.45, 2.75) is 44.3 Å². The topological polar surface area (TPSA) is 65.2 Å². The number of esters is 1. The molecule has 0 aliphatic heterocycles. The van der Waals surface area contributed by atoms with Gasteiger partial charge < -0.3 is 9.15 Å². The van der Waals surface area contributed by atoms with Crippen molar-refractivity contribution in [3.8, 4) is 0 Å². The van der Waals surface area contributed by atoms with E-state index in [1.807, 2.05) is 25.1 Å². The van der Waals surface area contributed by atoms with Crippen LogP contribution in [0, 0.1) is 0 Å². The lowest BCUT2D eigenvalue weighted by Crippen LogP contribution is -2.03. The number of nitrogens with zero attached hydrogens (tertiary/aromatic N) is 2. The van der Waals surface area contributed by atoms with E-state index < -0.39 is 0 Å². The van der Waals surface area contributed by atoms with E-state index in [-0.39, 0.29) is 5.97 Å². The molecule has 0 amide bonds. The van der Waals surface area contributed by atoms with Crippen LogP contribution in [0.4, 0.5) is 0 Å². The van der Waals surface area contributed by atoms with Crippen LogP contribution in [-0.2, 0) is 16.0 Å². The van der Waals surface area contributed by atoms with Gasteiger partial charge in [-0.1, -0.05) is 49.0 Å². The summed E-state index contributed by atoms with van der Waals surface area (Å²) in [5.74, 6) is 1.58. The second kappa shape index (κ2) is 9.35. The predicted octanol–water partition coefficient (Wildman–Crippen LogP) is 3.85. The number of thioether (sulfide) groups is 1. The van der Waals surface area contributed by atoms with Gasteiger partial charge in [-0.05, 0) is 24.8 Å². The van der Waals surface area contributed by atoms with Crippen molar-refractivity contribution in [3.05, 3.63) is 41.8 Å². The molecule has 0 saturated carbocycles. The molecule has 0 saturated heterocycles. The molecule has 1 heterocycles. The molecule has 2 aromatic rings. The van der Waals surface area contributed by atoms with Crippen molar-refractivity contribution in [1.29, 1.82) is 0 Å². The molecular weight excluding hydrogens is 312 g/mol. The Labute approximate surface area is 140 Å². The number of hydrogen-bond donors (Lipinski definition) is 0. The lowest BCUT2D eigenvalue weighted by Gasteiger charge is -2.08. The maximum atomic E-state index is 11.2. The zero-order valence-electron chi connectivity index (χ0n) is 13.5. The Morgan fingerprint density at radius 1 is 1.30 bits per heavy atom. The number of aromatic nitrogens is 2. The van der Waals surface area contributed by atoms with Crippen LogP contribution in [0.2, 0.25) is 0 Å². The van der Waals surface area contributed by atoms with Crippen molar-refractivity contribution < 1.29 is 13.9 Å². The van der Waals surface area contributed by atoms with Gasteiger partial charge in [-0.2, -0.15) is 0 Å². The lowest BCUT2D eigenvalue weighted by atomic mass is 9.98. The summed E-state index contributed by atoms with van der Waals surface area (Å²) in [5, 5.41) is 8.70. The molecule has 5 nitrogen and oxygen atoms in total. The summed E-state index contributed by atoms with van der Waals surface area (Å²) in [5.41, 5.74) is 1.26. The Kier molecular flexibility index (Phi) is 7.13. The highest BCUT2D eigenvalue weighted by Crippen LogP contribution is 2.22. The molecule has 6 heteroatoms. The normalized spacial score (nSPS) is 12.1. The highest BCUT2D eigenvalue weighted by molar-refractivity contribution is 7.99. The van der Waals surface area contributed by atoms with Crippen LogP contribution in [0.25, 0.3) is 0 Å². The highest BCUT2D eigenvalue weighted by atomic mass is 32.2. The molecule has 1 aromatic carbocycles. The molecule has 0 aliphatic rings. The second-order valence-electron chi connectivity index (χ2n) is 5.23. The molecule has 0 aliphatic carbocycles. The fraction of sp³-hybridized carbons (Fsp3) is 0.471. The molecule has 1 unspecified atom stereocenters. The van der Waals surface area contributed by atoms with Crippen molar-refractivity contribution in [2.24, 2.45) is 0 Å². The Hall–Kier alpha value is -1.82. The minimum absolute atomic E-state index is 0.156. The number of carbonyl (C=O) groups excluding carboxylic acids is 1. The van der Waals surface area contributed by atoms with Crippen molar-refractivity contribution in [3.63, 3.8) is 0 Å². The predicted molar refractivity (Wildman–Crippen MR) is 89.5 cm³/mol. The van der Waals surface area contributed by atoms with Crippen molar-refractivity contribution in [1.82, 2.24) is 10.2 Å². The fourth-order valence-corrected chi connectivity index (χ4v) is 2.87. The monoisotopic (exact) mass is 334 g/mol. The van der Waals surface area contributed by atoms with Gasteiger partial charge in [0.25, 0.3) is 5.22 Å². The number of hydrogen-bond acceptors (Lipinski definition) is 6. The van der Waals surface area contributed by atoms with Gasteiger partial charge in [-0.25, -0.2) is 0 Å². The van der Waals surface area contributed by atoms with E-state index in [0.29, 0.717) is 30.1 Å². The van der Waals surface area contributed by atoms with E-state index in [4.69, 9.17) is 9.15 Å². The molecule has 1 aromatic heterocycles. The van der Waals surface area contributed by atoms with Gasteiger partial charge in [0, 0.05) is 18.6 Å². The maximum Gasteiger partial charge on any atom is 0.305 e. The first kappa shape index (κ1) is 17.5. The molecule has 124 valence electrons. The number of rotatable bonds is 9. The number of carbonyl (C=O) groups is 1. The molecule has 0 radical (unpaired) electrons. The van der Waals surface area contributed by atoms with Gasteiger partial charge in [0.15, 0.2) is 0 Å². The third kappa shape index (κ3) is 6.06. The van der Waals surface area contributed by atoms with Gasteiger partial charge in [0.05, 0.1) is 6.61 Å². The number of benzene rings is 1. The number of ether oxygens (including phenoxy) is 1. The van der Waals surface area contributed by atoms with Crippen LogP contribution in [0.15, 0.2) is 40.0 Å². The second-order valence-corrected chi connectivity index (χ2v) is 6.28. The van der Waals surface area contributed by atoms with E-state index in [1.165, 1.54) is 17.3 Å². The van der Waals surface area contributed by atoms with Crippen LogP contribution in [0.3, 0.4) is 0 Å². The van der Waals surface area contributed by atoms with Crippen LogP contribution in [0.5, 0.6) is 0 Å². The molecule has 2 rings (SSSR count). The Morgan fingerprint density at radius 3 is 2.83 bits per heavy atom. The summed E-state index contributed by atoms with van der Waals surface area (Å²) in [7, 11) is 0. The van der Waals surface area contributed by atoms with E-state index in [9.17, 15) is 4.79 Å². The zero-order chi connectivity index (χ0) is 16.5. The summed E-state index contributed by atoms with van der Waals surface area (Å²) in [6.45, 7) is 4.38. The van der Waals surface area contributed by atoms with Crippen LogP contribution in [-0.4, -0.2) is 28.5 Å². The Balaban J connectivity index is 1.74. The van der Waals surface area contributed by atoms with Crippen molar-refractivity contribution in [2.75, 3.05) is 12.4 Å². The van der Waals surface area contributed by atoms with Gasteiger partial charge in [0.2, 0.25) is 5.89 Å².